The molecule has 0 unspecified atom stereocenters. The molecule has 1 aliphatic rings. The van der Waals surface area contributed by atoms with Crippen LogP contribution >= 0.6 is 11.3 Å². The van der Waals surface area contributed by atoms with Gasteiger partial charge in [-0.1, -0.05) is 0 Å². The molecule has 2 rings (SSSR count). The van der Waals surface area contributed by atoms with Gasteiger partial charge in [-0.05, 0) is 12.8 Å². The van der Waals surface area contributed by atoms with Crippen LogP contribution in [-0.4, -0.2) is 11.3 Å². The van der Waals surface area contributed by atoms with Crippen molar-refractivity contribution >= 4 is 17.6 Å². The van der Waals surface area contributed by atoms with Crippen molar-refractivity contribution < 1.29 is 4.79 Å². The zero-order chi connectivity index (χ0) is 7.73. The number of hydrogen-bond donors (Lipinski definition) is 0. The molecule has 1 saturated carbocycles. The molecule has 0 aliphatic heterocycles. The number of carbonyl (C=O) groups excluding carboxylic acids is 1. The quantitative estimate of drug-likeness (QED) is 0.641. The summed E-state index contributed by atoms with van der Waals surface area (Å²) in [5, 5.41) is 3.05. The summed E-state index contributed by atoms with van der Waals surface area (Å²) < 4.78 is 0. The lowest BCUT2D eigenvalue weighted by molar-refractivity contribution is -0.112. The molecule has 11 heavy (non-hydrogen) atoms. The minimum Gasteiger partial charge on any atom is -0.303 e. The topological polar surface area (TPSA) is 30.0 Å². The summed E-state index contributed by atoms with van der Waals surface area (Å²) in [6.07, 6.45) is 5.84. The first-order chi connectivity index (χ1) is 5.35. The Labute approximate surface area is 69.3 Å². The Bertz CT molecular complexity index is 251. The van der Waals surface area contributed by atoms with E-state index in [2.05, 4.69) is 4.98 Å². The van der Waals surface area contributed by atoms with Gasteiger partial charge >= 0.3 is 0 Å². The van der Waals surface area contributed by atoms with Crippen molar-refractivity contribution in [2.45, 2.75) is 19.3 Å². The third-order valence-corrected chi connectivity index (χ3v) is 2.91. The summed E-state index contributed by atoms with van der Waals surface area (Å²) >= 11 is 1.64. The molecule has 0 N–H and O–H groups in total. The smallest absolute Gasteiger partial charge is 0.126 e. The van der Waals surface area contributed by atoms with E-state index in [-0.39, 0.29) is 5.41 Å². The maximum Gasteiger partial charge on any atom is 0.126 e. The first kappa shape index (κ1) is 6.98. The maximum absolute atomic E-state index is 10.6. The normalized spacial score (nSPS) is 19.6. The van der Waals surface area contributed by atoms with E-state index < -0.39 is 0 Å². The van der Waals surface area contributed by atoms with Crippen LogP contribution in [0, 0.1) is 5.41 Å². The van der Waals surface area contributed by atoms with E-state index in [1.807, 2.05) is 5.38 Å². The zero-order valence-electron chi connectivity index (χ0n) is 6.12. The summed E-state index contributed by atoms with van der Waals surface area (Å²) in [4.78, 5) is 14.7. The monoisotopic (exact) mass is 167 g/mol. The molecular formula is C8H9NOS. The summed E-state index contributed by atoms with van der Waals surface area (Å²) in [5.74, 6) is 0. The van der Waals surface area contributed by atoms with E-state index in [0.29, 0.717) is 0 Å². The molecule has 0 spiro atoms. The van der Waals surface area contributed by atoms with Crippen LogP contribution in [0.1, 0.15) is 17.8 Å². The number of carbonyl (C=O) groups is 1. The van der Waals surface area contributed by atoms with Gasteiger partial charge < -0.3 is 4.79 Å². The van der Waals surface area contributed by atoms with E-state index in [9.17, 15) is 4.79 Å². The molecule has 1 aromatic heterocycles. The minimum atomic E-state index is -0.0160. The maximum atomic E-state index is 10.6. The Morgan fingerprint density at radius 3 is 3.00 bits per heavy atom. The molecule has 1 aromatic rings. The van der Waals surface area contributed by atoms with Crippen molar-refractivity contribution in [3.63, 3.8) is 0 Å². The number of thiazole rings is 1. The van der Waals surface area contributed by atoms with Crippen molar-refractivity contribution in [1.29, 1.82) is 0 Å². The Kier molecular flexibility index (Phi) is 1.53. The second-order valence-electron chi connectivity index (χ2n) is 3.08. The first-order valence-corrected chi connectivity index (χ1v) is 4.57. The second kappa shape index (κ2) is 2.41. The van der Waals surface area contributed by atoms with E-state index >= 15 is 0 Å². The fourth-order valence-corrected chi connectivity index (χ4v) is 1.91. The highest BCUT2D eigenvalue weighted by Crippen LogP contribution is 2.46. The SMILES string of the molecule is O=CC1(Cc2nccs2)CC1. The fourth-order valence-electron chi connectivity index (χ4n) is 1.14. The van der Waals surface area contributed by atoms with Gasteiger partial charge in [0.1, 0.15) is 6.29 Å². The van der Waals surface area contributed by atoms with Crippen molar-refractivity contribution in [3.05, 3.63) is 16.6 Å². The predicted octanol–water partition coefficient (Wildman–Crippen LogP) is 1.66. The van der Waals surface area contributed by atoms with Crippen LogP contribution in [0.5, 0.6) is 0 Å². The number of aromatic nitrogens is 1. The van der Waals surface area contributed by atoms with Gasteiger partial charge in [-0.15, -0.1) is 11.3 Å². The van der Waals surface area contributed by atoms with Crippen LogP contribution in [0.3, 0.4) is 0 Å². The molecule has 0 amide bonds. The third-order valence-electron chi connectivity index (χ3n) is 2.13. The van der Waals surface area contributed by atoms with Gasteiger partial charge in [-0.25, -0.2) is 4.98 Å². The van der Waals surface area contributed by atoms with Gasteiger partial charge in [-0.3, -0.25) is 0 Å². The van der Waals surface area contributed by atoms with E-state index in [1.54, 1.807) is 17.5 Å². The molecule has 0 saturated heterocycles. The van der Waals surface area contributed by atoms with Crippen LogP contribution in [0.25, 0.3) is 0 Å². The second-order valence-corrected chi connectivity index (χ2v) is 4.06. The number of nitrogens with zero attached hydrogens (tertiary/aromatic N) is 1. The highest BCUT2D eigenvalue weighted by atomic mass is 32.1. The molecule has 0 radical (unpaired) electrons. The molecule has 2 nitrogen and oxygen atoms in total. The Balaban J connectivity index is 2.06. The van der Waals surface area contributed by atoms with E-state index in [1.165, 1.54) is 0 Å². The number of rotatable bonds is 3. The zero-order valence-corrected chi connectivity index (χ0v) is 6.93. The predicted molar refractivity (Wildman–Crippen MR) is 43.5 cm³/mol. The average Bonchev–Trinajstić information content (AvgIpc) is 2.59. The molecule has 1 fully saturated rings. The largest absolute Gasteiger partial charge is 0.303 e. The molecular weight excluding hydrogens is 158 g/mol. The van der Waals surface area contributed by atoms with Crippen molar-refractivity contribution in [2.75, 3.05) is 0 Å². The molecule has 1 aliphatic carbocycles. The van der Waals surface area contributed by atoms with Crippen LogP contribution in [0.2, 0.25) is 0 Å². The molecule has 0 bridgehead atoms. The third kappa shape index (κ3) is 1.33. The minimum absolute atomic E-state index is 0.0160. The molecule has 58 valence electrons. The Hall–Kier alpha value is -0.700. The van der Waals surface area contributed by atoms with Gasteiger partial charge in [0.05, 0.1) is 5.01 Å². The van der Waals surface area contributed by atoms with Crippen molar-refractivity contribution in [1.82, 2.24) is 4.98 Å². The summed E-state index contributed by atoms with van der Waals surface area (Å²) in [5.41, 5.74) is -0.0160. The van der Waals surface area contributed by atoms with Crippen LogP contribution < -0.4 is 0 Å². The highest BCUT2D eigenvalue weighted by Gasteiger charge is 2.42. The summed E-state index contributed by atoms with van der Waals surface area (Å²) in [6.45, 7) is 0. The lowest BCUT2D eigenvalue weighted by Crippen LogP contribution is -2.05. The van der Waals surface area contributed by atoms with Gasteiger partial charge in [0.2, 0.25) is 0 Å². The molecule has 3 heteroatoms. The van der Waals surface area contributed by atoms with Crippen LogP contribution in [0.4, 0.5) is 0 Å². The van der Waals surface area contributed by atoms with Crippen LogP contribution in [0.15, 0.2) is 11.6 Å². The summed E-state index contributed by atoms with van der Waals surface area (Å²) in [7, 11) is 0. The molecule has 0 aromatic carbocycles. The van der Waals surface area contributed by atoms with Gasteiger partial charge in [0, 0.05) is 23.4 Å². The van der Waals surface area contributed by atoms with Crippen LogP contribution in [-0.2, 0) is 11.2 Å². The molecule has 1 heterocycles. The fraction of sp³-hybridized carbons (Fsp3) is 0.500. The average molecular weight is 167 g/mol. The van der Waals surface area contributed by atoms with Crippen molar-refractivity contribution in [3.8, 4) is 0 Å². The van der Waals surface area contributed by atoms with Crippen molar-refractivity contribution in [2.24, 2.45) is 5.41 Å². The Morgan fingerprint density at radius 1 is 1.73 bits per heavy atom. The first-order valence-electron chi connectivity index (χ1n) is 3.69. The number of aldehydes is 1. The van der Waals surface area contributed by atoms with Gasteiger partial charge in [0.25, 0.3) is 0 Å². The molecule has 0 atom stereocenters. The summed E-state index contributed by atoms with van der Waals surface area (Å²) in [6, 6.07) is 0. The lowest BCUT2D eigenvalue weighted by Gasteiger charge is -2.00. The van der Waals surface area contributed by atoms with E-state index in [4.69, 9.17) is 0 Å². The van der Waals surface area contributed by atoms with Gasteiger partial charge in [-0.2, -0.15) is 0 Å². The lowest BCUT2D eigenvalue weighted by atomic mass is 10.1. The Morgan fingerprint density at radius 2 is 2.55 bits per heavy atom. The highest BCUT2D eigenvalue weighted by molar-refractivity contribution is 7.09. The number of hydrogen-bond acceptors (Lipinski definition) is 3. The van der Waals surface area contributed by atoms with Gasteiger partial charge in [0.15, 0.2) is 0 Å². The standard InChI is InChI=1S/C8H9NOS/c10-6-8(1-2-8)5-7-9-3-4-11-7/h3-4,6H,1-2,5H2. The van der Waals surface area contributed by atoms with E-state index in [0.717, 1.165) is 30.6 Å².